The van der Waals surface area contributed by atoms with Gasteiger partial charge in [0.2, 0.25) is 0 Å². The molecule has 0 unspecified atom stereocenters. The molecule has 0 saturated carbocycles. The quantitative estimate of drug-likeness (QED) is 0.228. The third-order valence-corrected chi connectivity index (χ3v) is 4.92. The Balaban J connectivity index is 0.00000392. The molecule has 2 rings (SSSR count). The largest absolute Gasteiger partial charge is 0.357 e. The van der Waals surface area contributed by atoms with Gasteiger partial charge in [-0.15, -0.1) is 35.7 Å². The van der Waals surface area contributed by atoms with Gasteiger partial charge in [0.25, 0.3) is 5.91 Å². The zero-order valence-electron chi connectivity index (χ0n) is 16.8. The summed E-state index contributed by atoms with van der Waals surface area (Å²) in [6.45, 7) is 6.22. The van der Waals surface area contributed by atoms with Gasteiger partial charge in [0.05, 0.1) is 6.54 Å². The molecule has 1 amide bonds. The molecule has 5 nitrogen and oxygen atoms in total. The lowest BCUT2D eigenvalue weighted by atomic mass is 10.1. The van der Waals surface area contributed by atoms with Crippen LogP contribution in [0.2, 0.25) is 0 Å². The third-order valence-electron chi connectivity index (χ3n) is 4.10. The first-order valence-corrected chi connectivity index (χ1v) is 10.3. The van der Waals surface area contributed by atoms with Gasteiger partial charge in [-0.05, 0) is 55.0 Å². The maximum Gasteiger partial charge on any atom is 0.251 e. The van der Waals surface area contributed by atoms with Gasteiger partial charge >= 0.3 is 0 Å². The molecule has 0 heterocycles. The SMILES string of the molecule is CCNC(=NCc1ccc(C(=O)NC)cc1)NCc1ccc(C)cc1SC.I. The maximum atomic E-state index is 11.6. The summed E-state index contributed by atoms with van der Waals surface area (Å²) in [6.07, 6.45) is 2.10. The molecule has 0 spiro atoms. The number of rotatable bonds is 7. The summed E-state index contributed by atoms with van der Waals surface area (Å²) < 4.78 is 0. The highest BCUT2D eigenvalue weighted by molar-refractivity contribution is 14.0. The molecule has 2 aromatic carbocycles. The van der Waals surface area contributed by atoms with Crippen molar-refractivity contribution in [3.05, 3.63) is 64.7 Å². The van der Waals surface area contributed by atoms with Crippen LogP contribution in [-0.2, 0) is 13.1 Å². The normalized spacial score (nSPS) is 10.8. The second kappa shape index (κ2) is 12.7. The predicted octanol–water partition coefficient (Wildman–Crippen LogP) is 3.95. The summed E-state index contributed by atoms with van der Waals surface area (Å²) in [7, 11) is 1.63. The van der Waals surface area contributed by atoms with E-state index in [1.165, 1.54) is 16.0 Å². The first-order chi connectivity index (χ1) is 13.1. The van der Waals surface area contributed by atoms with Gasteiger partial charge in [-0.3, -0.25) is 4.79 Å². The van der Waals surface area contributed by atoms with Crippen LogP contribution in [0.4, 0.5) is 0 Å². The van der Waals surface area contributed by atoms with Gasteiger partial charge in [0.1, 0.15) is 0 Å². The molecule has 0 aliphatic rings. The Morgan fingerprint density at radius 1 is 1.11 bits per heavy atom. The molecule has 0 saturated heterocycles. The number of carbonyl (C=O) groups is 1. The first-order valence-electron chi connectivity index (χ1n) is 9.04. The highest BCUT2D eigenvalue weighted by Gasteiger charge is 2.05. The molecule has 0 aliphatic heterocycles. The first kappa shape index (κ1) is 24.3. The lowest BCUT2D eigenvalue weighted by Crippen LogP contribution is -2.36. The van der Waals surface area contributed by atoms with Crippen molar-refractivity contribution in [3.8, 4) is 0 Å². The molecular weight excluding hydrogens is 483 g/mol. The van der Waals surface area contributed by atoms with E-state index in [2.05, 4.69) is 59.2 Å². The van der Waals surface area contributed by atoms with E-state index in [4.69, 9.17) is 0 Å². The Morgan fingerprint density at radius 2 is 1.82 bits per heavy atom. The molecule has 0 radical (unpaired) electrons. The number of aryl methyl sites for hydroxylation is 1. The van der Waals surface area contributed by atoms with Crippen LogP contribution >= 0.6 is 35.7 Å². The van der Waals surface area contributed by atoms with E-state index >= 15 is 0 Å². The van der Waals surface area contributed by atoms with Crippen molar-refractivity contribution >= 4 is 47.6 Å². The molecule has 2 aromatic rings. The van der Waals surface area contributed by atoms with Gasteiger partial charge in [0.15, 0.2) is 5.96 Å². The number of nitrogens with zero attached hydrogens (tertiary/aromatic N) is 1. The number of hydrogen-bond donors (Lipinski definition) is 3. The molecular formula is C21H29IN4OS. The van der Waals surface area contributed by atoms with Crippen LogP contribution in [0.1, 0.15) is 34.0 Å². The molecule has 0 aromatic heterocycles. The molecule has 0 bridgehead atoms. The minimum absolute atomic E-state index is 0. The molecule has 0 atom stereocenters. The molecule has 0 fully saturated rings. The van der Waals surface area contributed by atoms with E-state index in [0.717, 1.165) is 24.6 Å². The Hall–Kier alpha value is -1.74. The Kier molecular flexibility index (Phi) is 11.0. The second-order valence-corrected chi connectivity index (χ2v) is 6.99. The van der Waals surface area contributed by atoms with Gasteiger partial charge in [0, 0.05) is 30.6 Å². The number of thioether (sulfide) groups is 1. The maximum absolute atomic E-state index is 11.6. The molecule has 0 aliphatic carbocycles. The van der Waals surface area contributed by atoms with Crippen LogP contribution < -0.4 is 16.0 Å². The van der Waals surface area contributed by atoms with Gasteiger partial charge < -0.3 is 16.0 Å². The summed E-state index contributed by atoms with van der Waals surface area (Å²) in [5, 5.41) is 9.30. The minimum Gasteiger partial charge on any atom is -0.357 e. The number of halogens is 1. The molecule has 152 valence electrons. The van der Waals surface area contributed by atoms with Crippen LogP contribution in [0.15, 0.2) is 52.4 Å². The number of benzene rings is 2. The van der Waals surface area contributed by atoms with E-state index < -0.39 is 0 Å². The zero-order valence-corrected chi connectivity index (χ0v) is 20.0. The van der Waals surface area contributed by atoms with Gasteiger partial charge in [-0.2, -0.15) is 0 Å². The van der Waals surface area contributed by atoms with Crippen LogP contribution in [0.3, 0.4) is 0 Å². The minimum atomic E-state index is -0.0808. The Morgan fingerprint density at radius 3 is 2.43 bits per heavy atom. The van der Waals surface area contributed by atoms with Crippen molar-refractivity contribution in [2.45, 2.75) is 31.8 Å². The molecule has 7 heteroatoms. The van der Waals surface area contributed by atoms with Crippen LogP contribution in [0, 0.1) is 6.92 Å². The van der Waals surface area contributed by atoms with Crippen molar-refractivity contribution in [3.63, 3.8) is 0 Å². The zero-order chi connectivity index (χ0) is 19.6. The topological polar surface area (TPSA) is 65.5 Å². The number of guanidine groups is 1. The van der Waals surface area contributed by atoms with Gasteiger partial charge in [-0.1, -0.05) is 24.3 Å². The van der Waals surface area contributed by atoms with Crippen LogP contribution in [0.25, 0.3) is 0 Å². The van der Waals surface area contributed by atoms with Crippen molar-refractivity contribution < 1.29 is 4.79 Å². The smallest absolute Gasteiger partial charge is 0.251 e. The fraction of sp³-hybridized carbons (Fsp3) is 0.333. The summed E-state index contributed by atoms with van der Waals surface area (Å²) >= 11 is 1.76. The fourth-order valence-electron chi connectivity index (χ4n) is 2.59. The monoisotopic (exact) mass is 512 g/mol. The van der Waals surface area contributed by atoms with E-state index in [1.807, 2.05) is 24.3 Å². The second-order valence-electron chi connectivity index (χ2n) is 6.14. The van der Waals surface area contributed by atoms with E-state index in [0.29, 0.717) is 12.1 Å². The lowest BCUT2D eigenvalue weighted by molar-refractivity contribution is 0.0963. The van der Waals surface area contributed by atoms with E-state index in [1.54, 1.807) is 18.8 Å². The predicted molar refractivity (Wildman–Crippen MR) is 130 cm³/mol. The number of nitrogens with one attached hydrogen (secondary N) is 3. The fourth-order valence-corrected chi connectivity index (χ4v) is 3.30. The van der Waals surface area contributed by atoms with Crippen molar-refractivity contribution in [2.24, 2.45) is 4.99 Å². The van der Waals surface area contributed by atoms with Crippen molar-refractivity contribution in [2.75, 3.05) is 19.8 Å². The van der Waals surface area contributed by atoms with Crippen LogP contribution in [0.5, 0.6) is 0 Å². The molecule has 3 N–H and O–H groups in total. The molecule has 28 heavy (non-hydrogen) atoms. The third kappa shape index (κ3) is 7.35. The Bertz CT molecular complexity index is 793. The van der Waals surface area contributed by atoms with E-state index in [-0.39, 0.29) is 29.9 Å². The number of carbonyl (C=O) groups excluding carboxylic acids is 1. The summed E-state index contributed by atoms with van der Waals surface area (Å²) in [5.41, 5.74) is 4.23. The highest BCUT2D eigenvalue weighted by atomic mass is 127. The highest BCUT2D eigenvalue weighted by Crippen LogP contribution is 2.21. The summed E-state index contributed by atoms with van der Waals surface area (Å²) in [4.78, 5) is 17.5. The van der Waals surface area contributed by atoms with Crippen LogP contribution in [-0.4, -0.2) is 31.7 Å². The standard InChI is InChI=1S/C21H28N4OS.HI/c1-5-23-21(25-14-18-9-6-15(2)12-19(18)27-4)24-13-16-7-10-17(11-8-16)20(26)22-3;/h6-12H,5,13-14H2,1-4H3,(H,22,26)(H2,23,24,25);1H. The van der Waals surface area contributed by atoms with Crippen molar-refractivity contribution in [1.29, 1.82) is 0 Å². The summed E-state index contributed by atoms with van der Waals surface area (Å²) in [5.74, 6) is 0.697. The Labute approximate surface area is 189 Å². The average molecular weight is 512 g/mol. The number of aliphatic imine (C=N–C) groups is 1. The lowest BCUT2D eigenvalue weighted by Gasteiger charge is -2.14. The van der Waals surface area contributed by atoms with E-state index in [9.17, 15) is 4.79 Å². The van der Waals surface area contributed by atoms with Gasteiger partial charge in [-0.25, -0.2) is 4.99 Å². The average Bonchev–Trinajstić information content (AvgIpc) is 2.70. The van der Waals surface area contributed by atoms with Crippen molar-refractivity contribution in [1.82, 2.24) is 16.0 Å². The number of amides is 1. The number of hydrogen-bond acceptors (Lipinski definition) is 3. The summed E-state index contributed by atoms with van der Waals surface area (Å²) in [6, 6.07) is 14.0.